The van der Waals surface area contributed by atoms with Gasteiger partial charge in [-0.2, -0.15) is 0 Å². The average molecular weight is 186 g/mol. The Morgan fingerprint density at radius 2 is 2.08 bits per heavy atom. The Morgan fingerprint density at radius 3 is 2.38 bits per heavy atom. The standard InChI is InChI=1S/C9H14O4/c1-2-13-8(12)9(4-3-5-9)6-7(10)11/h2-6H2,1H3,(H,10,11). The third-order valence-corrected chi connectivity index (χ3v) is 2.51. The molecule has 0 amide bonds. The molecular weight excluding hydrogens is 172 g/mol. The van der Waals surface area contributed by atoms with Crippen molar-refractivity contribution in [2.24, 2.45) is 5.41 Å². The van der Waals surface area contributed by atoms with Crippen molar-refractivity contribution in [3.8, 4) is 0 Å². The second-order valence-electron chi connectivity index (χ2n) is 3.42. The molecule has 0 radical (unpaired) electrons. The highest BCUT2D eigenvalue weighted by molar-refractivity contribution is 5.83. The monoisotopic (exact) mass is 186 g/mol. The number of carbonyl (C=O) groups is 2. The van der Waals surface area contributed by atoms with Crippen LogP contribution in [0.5, 0.6) is 0 Å². The molecule has 0 atom stereocenters. The zero-order valence-electron chi connectivity index (χ0n) is 7.71. The summed E-state index contributed by atoms with van der Waals surface area (Å²) < 4.78 is 4.85. The van der Waals surface area contributed by atoms with Crippen molar-refractivity contribution in [3.63, 3.8) is 0 Å². The molecule has 1 fully saturated rings. The Bertz CT molecular complexity index is 218. The van der Waals surface area contributed by atoms with E-state index < -0.39 is 11.4 Å². The molecule has 1 aliphatic carbocycles. The van der Waals surface area contributed by atoms with Crippen LogP contribution >= 0.6 is 0 Å². The van der Waals surface area contributed by atoms with Gasteiger partial charge in [0.05, 0.1) is 18.4 Å². The summed E-state index contributed by atoms with van der Waals surface area (Å²) in [6.45, 7) is 2.05. The molecule has 4 heteroatoms. The average Bonchev–Trinajstić information content (AvgIpc) is 1.96. The number of rotatable bonds is 4. The van der Waals surface area contributed by atoms with Gasteiger partial charge in [-0.3, -0.25) is 9.59 Å². The Hall–Kier alpha value is -1.06. The molecular formula is C9H14O4. The van der Waals surface area contributed by atoms with Crippen LogP contribution in [0.25, 0.3) is 0 Å². The van der Waals surface area contributed by atoms with Crippen LogP contribution in [0.15, 0.2) is 0 Å². The first kappa shape index (κ1) is 10.0. The molecule has 0 aliphatic heterocycles. The van der Waals surface area contributed by atoms with E-state index in [4.69, 9.17) is 9.84 Å². The second kappa shape index (κ2) is 3.77. The summed E-state index contributed by atoms with van der Waals surface area (Å²) in [6.07, 6.45) is 2.13. The normalized spacial score (nSPS) is 18.8. The lowest BCUT2D eigenvalue weighted by Gasteiger charge is -2.37. The van der Waals surface area contributed by atoms with Gasteiger partial charge in [-0.15, -0.1) is 0 Å². The van der Waals surface area contributed by atoms with Gasteiger partial charge >= 0.3 is 11.9 Å². The lowest BCUT2D eigenvalue weighted by Crippen LogP contribution is -2.41. The highest BCUT2D eigenvalue weighted by Gasteiger charge is 2.47. The molecule has 1 aliphatic rings. The van der Waals surface area contributed by atoms with Crippen LogP contribution in [0.1, 0.15) is 32.6 Å². The van der Waals surface area contributed by atoms with Gasteiger partial charge in [0, 0.05) is 0 Å². The predicted molar refractivity (Wildman–Crippen MR) is 45.2 cm³/mol. The van der Waals surface area contributed by atoms with Crippen molar-refractivity contribution in [1.82, 2.24) is 0 Å². The minimum Gasteiger partial charge on any atom is -0.481 e. The van der Waals surface area contributed by atoms with E-state index >= 15 is 0 Å². The zero-order chi connectivity index (χ0) is 9.90. The number of carboxylic acid groups (broad SMARTS) is 1. The van der Waals surface area contributed by atoms with E-state index in [0.29, 0.717) is 19.4 Å². The van der Waals surface area contributed by atoms with Crippen LogP contribution < -0.4 is 0 Å². The van der Waals surface area contributed by atoms with Crippen LogP contribution in [0.2, 0.25) is 0 Å². The van der Waals surface area contributed by atoms with E-state index in [9.17, 15) is 9.59 Å². The fraction of sp³-hybridized carbons (Fsp3) is 0.778. The molecule has 74 valence electrons. The first-order valence-corrected chi connectivity index (χ1v) is 4.50. The molecule has 4 nitrogen and oxygen atoms in total. The molecule has 1 N–H and O–H groups in total. The van der Waals surface area contributed by atoms with Crippen molar-refractivity contribution < 1.29 is 19.4 Å². The molecule has 0 heterocycles. The maximum Gasteiger partial charge on any atom is 0.312 e. The third kappa shape index (κ3) is 1.99. The Kier molecular flexibility index (Phi) is 2.90. The Labute approximate surface area is 76.9 Å². The van der Waals surface area contributed by atoms with Gasteiger partial charge in [-0.25, -0.2) is 0 Å². The van der Waals surface area contributed by atoms with E-state index in [0.717, 1.165) is 6.42 Å². The smallest absolute Gasteiger partial charge is 0.312 e. The fourth-order valence-corrected chi connectivity index (χ4v) is 1.63. The molecule has 1 saturated carbocycles. The van der Waals surface area contributed by atoms with Gasteiger partial charge in [0.1, 0.15) is 0 Å². The van der Waals surface area contributed by atoms with Gasteiger partial charge in [0.15, 0.2) is 0 Å². The van der Waals surface area contributed by atoms with Gasteiger partial charge in [0.2, 0.25) is 0 Å². The Balaban J connectivity index is 2.58. The topological polar surface area (TPSA) is 63.6 Å². The molecule has 0 spiro atoms. The van der Waals surface area contributed by atoms with E-state index in [1.807, 2.05) is 0 Å². The fourth-order valence-electron chi connectivity index (χ4n) is 1.63. The Morgan fingerprint density at radius 1 is 1.46 bits per heavy atom. The molecule has 0 aromatic carbocycles. The quantitative estimate of drug-likeness (QED) is 0.670. The summed E-state index contributed by atoms with van der Waals surface area (Å²) in [6, 6.07) is 0. The van der Waals surface area contributed by atoms with Crippen molar-refractivity contribution in [2.45, 2.75) is 32.6 Å². The first-order valence-electron chi connectivity index (χ1n) is 4.50. The van der Waals surface area contributed by atoms with Crippen molar-refractivity contribution in [1.29, 1.82) is 0 Å². The highest BCUT2D eigenvalue weighted by atomic mass is 16.5. The molecule has 0 unspecified atom stereocenters. The summed E-state index contributed by atoms with van der Waals surface area (Å²) in [7, 11) is 0. The molecule has 1 rings (SSSR count). The zero-order valence-corrected chi connectivity index (χ0v) is 7.71. The van der Waals surface area contributed by atoms with Crippen LogP contribution in [0, 0.1) is 5.41 Å². The summed E-state index contributed by atoms with van der Waals surface area (Å²) in [4.78, 5) is 21.9. The lowest BCUT2D eigenvalue weighted by atomic mass is 9.66. The maximum absolute atomic E-state index is 11.4. The van der Waals surface area contributed by atoms with Crippen LogP contribution in [-0.2, 0) is 14.3 Å². The molecule has 0 saturated heterocycles. The summed E-state index contributed by atoms with van der Waals surface area (Å²) >= 11 is 0. The van der Waals surface area contributed by atoms with Gasteiger partial charge in [-0.1, -0.05) is 6.42 Å². The van der Waals surface area contributed by atoms with Crippen molar-refractivity contribution in [3.05, 3.63) is 0 Å². The van der Waals surface area contributed by atoms with E-state index in [2.05, 4.69) is 0 Å². The second-order valence-corrected chi connectivity index (χ2v) is 3.42. The molecule has 0 bridgehead atoms. The largest absolute Gasteiger partial charge is 0.481 e. The van der Waals surface area contributed by atoms with Gasteiger partial charge in [0.25, 0.3) is 0 Å². The SMILES string of the molecule is CCOC(=O)C1(CC(=O)O)CCC1. The first-order chi connectivity index (χ1) is 6.10. The minimum absolute atomic E-state index is 0.0914. The number of aliphatic carboxylic acids is 1. The van der Waals surface area contributed by atoms with Gasteiger partial charge in [-0.05, 0) is 19.8 Å². The van der Waals surface area contributed by atoms with Crippen molar-refractivity contribution in [2.75, 3.05) is 6.61 Å². The number of carbonyl (C=O) groups excluding carboxylic acids is 1. The number of carboxylic acids is 1. The third-order valence-electron chi connectivity index (χ3n) is 2.51. The minimum atomic E-state index is -0.923. The number of hydrogen-bond acceptors (Lipinski definition) is 3. The van der Waals surface area contributed by atoms with Crippen LogP contribution in [0.4, 0.5) is 0 Å². The summed E-state index contributed by atoms with van der Waals surface area (Å²) in [5, 5.41) is 8.62. The van der Waals surface area contributed by atoms with Crippen LogP contribution in [-0.4, -0.2) is 23.7 Å². The van der Waals surface area contributed by atoms with Crippen LogP contribution in [0.3, 0.4) is 0 Å². The van der Waals surface area contributed by atoms with E-state index in [1.54, 1.807) is 6.92 Å². The predicted octanol–water partition coefficient (Wildman–Crippen LogP) is 1.19. The van der Waals surface area contributed by atoms with Gasteiger partial charge < -0.3 is 9.84 Å². The highest BCUT2D eigenvalue weighted by Crippen LogP contribution is 2.44. The number of ether oxygens (including phenoxy) is 1. The molecule has 0 aromatic rings. The summed E-state index contributed by atoms with van der Waals surface area (Å²) in [5.74, 6) is -1.27. The lowest BCUT2D eigenvalue weighted by molar-refractivity contribution is -0.166. The van der Waals surface area contributed by atoms with Crippen molar-refractivity contribution >= 4 is 11.9 Å². The molecule has 0 aromatic heterocycles. The summed E-state index contributed by atoms with van der Waals surface area (Å²) in [5.41, 5.74) is -0.707. The van der Waals surface area contributed by atoms with E-state index in [1.165, 1.54) is 0 Å². The van der Waals surface area contributed by atoms with E-state index in [-0.39, 0.29) is 12.4 Å². The maximum atomic E-state index is 11.4. The number of hydrogen-bond donors (Lipinski definition) is 1. The number of esters is 1. The molecule has 13 heavy (non-hydrogen) atoms.